The second-order valence-electron chi connectivity index (χ2n) is 7.25. The molecule has 1 fully saturated rings. The standard InChI is InChI=1S/C21H24FN7O3/c1-31-18-7-6-16(13-19(18)32-2)23-21(30)28-10-8-27(9-11-28)14-20-24-25-26-29(20)17-5-3-4-15(22)12-17/h3-7,12-13H,8-11,14H2,1-2H3,(H,23,30). The van der Waals surface area contributed by atoms with Crippen LogP contribution in [0.3, 0.4) is 0 Å². The first-order valence-electron chi connectivity index (χ1n) is 10.1. The van der Waals surface area contributed by atoms with Crippen molar-refractivity contribution in [3.05, 3.63) is 54.1 Å². The third-order valence-electron chi connectivity index (χ3n) is 5.25. The van der Waals surface area contributed by atoms with Crippen LogP contribution in [0.25, 0.3) is 5.69 Å². The Labute approximate surface area is 184 Å². The van der Waals surface area contributed by atoms with E-state index in [0.717, 1.165) is 0 Å². The molecule has 0 radical (unpaired) electrons. The summed E-state index contributed by atoms with van der Waals surface area (Å²) in [5, 5.41) is 14.7. The zero-order chi connectivity index (χ0) is 22.5. The molecule has 1 saturated heterocycles. The molecule has 10 nitrogen and oxygen atoms in total. The molecule has 32 heavy (non-hydrogen) atoms. The van der Waals surface area contributed by atoms with Crippen LogP contribution in [0.5, 0.6) is 11.5 Å². The molecule has 1 aliphatic heterocycles. The summed E-state index contributed by atoms with van der Waals surface area (Å²) < 4.78 is 25.6. The molecular weight excluding hydrogens is 417 g/mol. The first-order chi connectivity index (χ1) is 15.6. The summed E-state index contributed by atoms with van der Waals surface area (Å²) in [5.41, 5.74) is 1.20. The number of amides is 2. The number of halogens is 1. The molecule has 2 aromatic carbocycles. The van der Waals surface area contributed by atoms with Gasteiger partial charge in [-0.15, -0.1) is 5.10 Å². The highest BCUT2D eigenvalue weighted by molar-refractivity contribution is 5.89. The number of tetrazole rings is 1. The lowest BCUT2D eigenvalue weighted by Gasteiger charge is -2.34. The number of carbonyl (C=O) groups is 1. The van der Waals surface area contributed by atoms with Crippen LogP contribution >= 0.6 is 0 Å². The lowest BCUT2D eigenvalue weighted by atomic mass is 10.2. The number of rotatable bonds is 6. The Morgan fingerprint density at radius 2 is 1.84 bits per heavy atom. The van der Waals surface area contributed by atoms with E-state index in [4.69, 9.17) is 9.47 Å². The summed E-state index contributed by atoms with van der Waals surface area (Å²) in [7, 11) is 3.11. The van der Waals surface area contributed by atoms with E-state index in [-0.39, 0.29) is 11.8 Å². The van der Waals surface area contributed by atoms with Crippen LogP contribution in [0.1, 0.15) is 5.82 Å². The highest BCUT2D eigenvalue weighted by Gasteiger charge is 2.23. The van der Waals surface area contributed by atoms with Crippen molar-refractivity contribution in [1.82, 2.24) is 30.0 Å². The molecule has 0 spiro atoms. The second-order valence-corrected chi connectivity index (χ2v) is 7.25. The number of nitrogens with zero attached hydrogens (tertiary/aromatic N) is 6. The van der Waals surface area contributed by atoms with Crippen molar-refractivity contribution >= 4 is 11.7 Å². The predicted octanol–water partition coefficient (Wildman–Crippen LogP) is 2.17. The van der Waals surface area contributed by atoms with Gasteiger partial charge in [0, 0.05) is 37.9 Å². The summed E-state index contributed by atoms with van der Waals surface area (Å²) in [6, 6.07) is 11.2. The van der Waals surface area contributed by atoms with Crippen LogP contribution in [0.4, 0.5) is 14.9 Å². The predicted molar refractivity (Wildman–Crippen MR) is 115 cm³/mol. The fraction of sp³-hybridized carbons (Fsp3) is 0.333. The second kappa shape index (κ2) is 9.60. The van der Waals surface area contributed by atoms with Gasteiger partial charge in [0.05, 0.1) is 26.5 Å². The molecule has 0 aliphatic carbocycles. The molecule has 0 atom stereocenters. The van der Waals surface area contributed by atoms with Gasteiger partial charge >= 0.3 is 6.03 Å². The molecule has 0 bridgehead atoms. The Morgan fingerprint density at radius 1 is 1.06 bits per heavy atom. The molecule has 2 amide bonds. The fourth-order valence-corrected chi connectivity index (χ4v) is 3.54. The molecule has 4 rings (SSSR count). The summed E-state index contributed by atoms with van der Waals surface area (Å²) >= 11 is 0. The lowest BCUT2D eigenvalue weighted by Crippen LogP contribution is -2.49. The number of carbonyl (C=O) groups excluding carboxylic acids is 1. The molecule has 1 aliphatic rings. The summed E-state index contributed by atoms with van der Waals surface area (Å²) in [5.74, 6) is 1.41. The minimum Gasteiger partial charge on any atom is -0.493 e. The fourth-order valence-electron chi connectivity index (χ4n) is 3.54. The Hall–Kier alpha value is -3.73. The van der Waals surface area contributed by atoms with Gasteiger partial charge in [0.1, 0.15) is 5.82 Å². The number of hydrogen-bond donors (Lipinski definition) is 1. The number of ether oxygens (including phenoxy) is 2. The van der Waals surface area contributed by atoms with E-state index >= 15 is 0 Å². The van der Waals surface area contributed by atoms with Crippen molar-refractivity contribution in [3.63, 3.8) is 0 Å². The van der Waals surface area contributed by atoms with E-state index in [9.17, 15) is 9.18 Å². The number of hydrogen-bond acceptors (Lipinski definition) is 7. The van der Waals surface area contributed by atoms with Gasteiger partial charge in [-0.2, -0.15) is 4.68 Å². The van der Waals surface area contributed by atoms with Crippen LogP contribution in [0.2, 0.25) is 0 Å². The quantitative estimate of drug-likeness (QED) is 0.626. The summed E-state index contributed by atoms with van der Waals surface area (Å²) in [6.45, 7) is 2.93. The highest BCUT2D eigenvalue weighted by Crippen LogP contribution is 2.29. The van der Waals surface area contributed by atoms with Gasteiger partial charge < -0.3 is 19.7 Å². The number of anilines is 1. The Bertz CT molecular complexity index is 1080. The monoisotopic (exact) mass is 441 g/mol. The maximum Gasteiger partial charge on any atom is 0.321 e. The van der Waals surface area contributed by atoms with E-state index < -0.39 is 0 Å². The minimum absolute atomic E-state index is 0.179. The van der Waals surface area contributed by atoms with Gasteiger partial charge in [0.2, 0.25) is 0 Å². The van der Waals surface area contributed by atoms with Crippen LogP contribution in [0.15, 0.2) is 42.5 Å². The molecular formula is C21H24FN7O3. The van der Waals surface area contributed by atoms with Gasteiger partial charge in [-0.05, 0) is 40.8 Å². The van der Waals surface area contributed by atoms with Gasteiger partial charge in [0.25, 0.3) is 0 Å². The number of nitrogens with one attached hydrogen (secondary N) is 1. The van der Waals surface area contributed by atoms with Crippen molar-refractivity contribution in [3.8, 4) is 17.2 Å². The van der Waals surface area contributed by atoms with E-state index in [1.807, 2.05) is 0 Å². The van der Waals surface area contributed by atoms with Crippen LogP contribution in [0, 0.1) is 5.82 Å². The minimum atomic E-state index is -0.349. The maximum atomic E-state index is 13.6. The first-order valence-corrected chi connectivity index (χ1v) is 10.1. The Kier molecular flexibility index (Phi) is 6.45. The number of benzene rings is 2. The van der Waals surface area contributed by atoms with Gasteiger partial charge in [-0.3, -0.25) is 4.90 Å². The molecule has 3 aromatic rings. The number of methoxy groups -OCH3 is 2. The largest absolute Gasteiger partial charge is 0.493 e. The lowest BCUT2D eigenvalue weighted by molar-refractivity contribution is 0.140. The van der Waals surface area contributed by atoms with E-state index in [0.29, 0.717) is 61.4 Å². The highest BCUT2D eigenvalue weighted by atomic mass is 19.1. The zero-order valence-electron chi connectivity index (χ0n) is 17.9. The Morgan fingerprint density at radius 3 is 2.56 bits per heavy atom. The normalized spacial score (nSPS) is 14.3. The van der Waals surface area contributed by atoms with Gasteiger partial charge in [-0.1, -0.05) is 6.07 Å². The van der Waals surface area contributed by atoms with Crippen LogP contribution < -0.4 is 14.8 Å². The number of urea groups is 1. The summed E-state index contributed by atoms with van der Waals surface area (Å²) in [4.78, 5) is 16.6. The van der Waals surface area contributed by atoms with E-state index in [1.54, 1.807) is 49.5 Å². The number of aromatic nitrogens is 4. The molecule has 0 unspecified atom stereocenters. The average Bonchev–Trinajstić information content (AvgIpc) is 3.27. The van der Waals surface area contributed by atoms with Gasteiger partial charge in [-0.25, -0.2) is 9.18 Å². The van der Waals surface area contributed by atoms with Crippen molar-refractivity contribution in [1.29, 1.82) is 0 Å². The van der Waals surface area contributed by atoms with Crippen molar-refractivity contribution in [2.24, 2.45) is 0 Å². The summed E-state index contributed by atoms with van der Waals surface area (Å²) in [6.07, 6.45) is 0. The SMILES string of the molecule is COc1ccc(NC(=O)N2CCN(Cc3nnnn3-c3cccc(F)c3)CC2)cc1OC. The van der Waals surface area contributed by atoms with Crippen LogP contribution in [-0.4, -0.2) is 76.4 Å². The van der Waals surface area contributed by atoms with Crippen molar-refractivity contribution in [2.75, 3.05) is 45.7 Å². The van der Waals surface area contributed by atoms with Crippen LogP contribution in [-0.2, 0) is 6.54 Å². The van der Waals surface area contributed by atoms with E-state index in [1.165, 1.54) is 16.8 Å². The van der Waals surface area contributed by atoms with Gasteiger partial charge in [0.15, 0.2) is 17.3 Å². The zero-order valence-corrected chi connectivity index (χ0v) is 17.9. The number of piperazine rings is 1. The molecule has 1 N–H and O–H groups in total. The third-order valence-corrected chi connectivity index (χ3v) is 5.25. The Balaban J connectivity index is 1.33. The first kappa shape index (κ1) is 21.5. The molecule has 11 heteroatoms. The van der Waals surface area contributed by atoms with Crippen molar-refractivity contribution < 1.29 is 18.7 Å². The molecule has 2 heterocycles. The molecule has 168 valence electrons. The van der Waals surface area contributed by atoms with E-state index in [2.05, 4.69) is 25.7 Å². The average molecular weight is 441 g/mol. The smallest absolute Gasteiger partial charge is 0.321 e. The van der Waals surface area contributed by atoms with Crippen molar-refractivity contribution in [2.45, 2.75) is 6.54 Å². The molecule has 0 saturated carbocycles. The third kappa shape index (κ3) is 4.78. The maximum absolute atomic E-state index is 13.6. The molecule has 1 aromatic heterocycles. The topological polar surface area (TPSA) is 97.6 Å².